The van der Waals surface area contributed by atoms with Gasteiger partial charge in [0.2, 0.25) is 5.43 Å². The van der Waals surface area contributed by atoms with Crippen molar-refractivity contribution >= 4 is 16.7 Å². The molecule has 2 aromatic heterocycles. The van der Waals surface area contributed by atoms with Gasteiger partial charge in [0.05, 0.1) is 6.54 Å². The molecular formula is C26H19FN4O3. The van der Waals surface area contributed by atoms with Crippen LogP contribution in [0.5, 0.6) is 0 Å². The Bertz CT molecular complexity index is 1590. The largest absolute Gasteiger partial charge is 0.356 e. The highest BCUT2D eigenvalue weighted by atomic mass is 19.1. The number of hydrogen-bond donors (Lipinski definition) is 1. The molecule has 3 aromatic carbocycles. The maximum atomic E-state index is 14.2. The molecule has 0 unspecified atom stereocenters. The zero-order valence-electron chi connectivity index (χ0n) is 18.2. The van der Waals surface area contributed by atoms with Gasteiger partial charge in [-0.05, 0) is 35.9 Å². The zero-order chi connectivity index (χ0) is 23.7. The van der Waals surface area contributed by atoms with Gasteiger partial charge in [0.15, 0.2) is 11.5 Å². The van der Waals surface area contributed by atoms with Crippen molar-refractivity contribution in [1.82, 2.24) is 20.3 Å². The van der Waals surface area contributed by atoms with Gasteiger partial charge in [-0.3, -0.25) is 9.59 Å². The Kier molecular flexibility index (Phi) is 5.47. The Morgan fingerprint density at radius 2 is 1.76 bits per heavy atom. The molecule has 0 atom stereocenters. The number of carbonyl (C=O) groups is 1. The van der Waals surface area contributed by atoms with Crippen molar-refractivity contribution in [2.75, 3.05) is 0 Å². The maximum absolute atomic E-state index is 14.2. The van der Waals surface area contributed by atoms with Crippen LogP contribution >= 0.6 is 0 Å². The lowest BCUT2D eigenvalue weighted by Crippen LogP contribution is -2.31. The molecule has 0 bridgehead atoms. The Morgan fingerprint density at radius 1 is 1.00 bits per heavy atom. The monoisotopic (exact) mass is 454 g/mol. The molecule has 0 fully saturated rings. The van der Waals surface area contributed by atoms with Crippen LogP contribution in [0.15, 0.2) is 88.2 Å². The second-order valence-electron chi connectivity index (χ2n) is 7.79. The highest BCUT2D eigenvalue weighted by molar-refractivity contribution is 5.92. The molecular weight excluding hydrogens is 435 g/mol. The van der Waals surface area contributed by atoms with E-state index in [0.717, 1.165) is 16.3 Å². The summed E-state index contributed by atoms with van der Waals surface area (Å²) in [5.41, 5.74) is 0.996. The first kappa shape index (κ1) is 21.3. The van der Waals surface area contributed by atoms with Crippen LogP contribution in [0.25, 0.3) is 27.8 Å². The summed E-state index contributed by atoms with van der Waals surface area (Å²) in [6.45, 7) is 1.65. The van der Waals surface area contributed by atoms with E-state index >= 15 is 0 Å². The summed E-state index contributed by atoms with van der Waals surface area (Å²) in [7, 11) is 0. The first-order valence-electron chi connectivity index (χ1n) is 10.6. The fraction of sp³-hybridized carbons (Fsp3) is 0.0769. The van der Waals surface area contributed by atoms with E-state index in [2.05, 4.69) is 15.6 Å². The Hall–Kier alpha value is -4.59. The van der Waals surface area contributed by atoms with Crippen LogP contribution in [0.4, 0.5) is 4.39 Å². The van der Waals surface area contributed by atoms with Crippen LogP contribution in [0.1, 0.15) is 21.9 Å². The second kappa shape index (κ2) is 8.74. The minimum absolute atomic E-state index is 0.0324. The highest BCUT2D eigenvalue weighted by Crippen LogP contribution is 2.25. The number of aryl methyl sites for hydroxylation is 1. The molecule has 1 N–H and O–H groups in total. The van der Waals surface area contributed by atoms with Crippen molar-refractivity contribution in [3.63, 3.8) is 0 Å². The van der Waals surface area contributed by atoms with E-state index in [4.69, 9.17) is 4.52 Å². The minimum atomic E-state index is -0.689. The minimum Gasteiger partial charge on any atom is -0.356 e. The summed E-state index contributed by atoms with van der Waals surface area (Å²) in [6.07, 6.45) is 0. The van der Waals surface area contributed by atoms with Crippen molar-refractivity contribution in [1.29, 1.82) is 0 Å². The summed E-state index contributed by atoms with van der Waals surface area (Å²) < 4.78 is 20.9. The lowest BCUT2D eigenvalue weighted by molar-refractivity contribution is 0.0942. The van der Waals surface area contributed by atoms with Crippen molar-refractivity contribution in [3.8, 4) is 17.0 Å². The molecule has 1 amide bonds. The SMILES string of the molecule is Cc1cc(=O)c(C(=O)NCc2cc(-c3ccc4ccccc4c3)on2)nn1-c1ccccc1F. The first-order chi connectivity index (χ1) is 16.5. The molecule has 5 rings (SSSR count). The topological polar surface area (TPSA) is 90.0 Å². The molecule has 0 aliphatic rings. The summed E-state index contributed by atoms with van der Waals surface area (Å²) >= 11 is 0. The van der Waals surface area contributed by atoms with E-state index in [1.54, 1.807) is 25.1 Å². The summed E-state index contributed by atoms with van der Waals surface area (Å²) in [5.74, 6) is -0.646. The van der Waals surface area contributed by atoms with Crippen molar-refractivity contribution in [2.24, 2.45) is 0 Å². The van der Waals surface area contributed by atoms with Crippen LogP contribution in [0.3, 0.4) is 0 Å². The van der Waals surface area contributed by atoms with Crippen LogP contribution in [-0.4, -0.2) is 20.8 Å². The number of nitrogens with one attached hydrogen (secondary N) is 1. The zero-order valence-corrected chi connectivity index (χ0v) is 18.2. The van der Waals surface area contributed by atoms with Gasteiger partial charge in [0, 0.05) is 23.4 Å². The Morgan fingerprint density at radius 3 is 2.59 bits per heavy atom. The molecule has 0 saturated carbocycles. The van der Waals surface area contributed by atoms with Crippen LogP contribution in [-0.2, 0) is 6.54 Å². The molecule has 168 valence electrons. The Balaban J connectivity index is 1.35. The normalized spacial score (nSPS) is 11.0. The summed E-state index contributed by atoms with van der Waals surface area (Å²) in [4.78, 5) is 25.1. The fourth-order valence-electron chi connectivity index (χ4n) is 3.70. The van der Waals surface area contributed by atoms with Gasteiger partial charge < -0.3 is 9.84 Å². The lowest BCUT2D eigenvalue weighted by atomic mass is 10.1. The number of hydrogen-bond acceptors (Lipinski definition) is 5. The molecule has 34 heavy (non-hydrogen) atoms. The molecule has 2 heterocycles. The van der Waals surface area contributed by atoms with Crippen molar-refractivity contribution in [3.05, 3.63) is 112 Å². The number of rotatable bonds is 5. The van der Waals surface area contributed by atoms with Crippen molar-refractivity contribution < 1.29 is 13.7 Å². The number of nitrogens with zero attached hydrogens (tertiary/aromatic N) is 3. The van der Waals surface area contributed by atoms with E-state index in [0.29, 0.717) is 17.1 Å². The molecule has 0 radical (unpaired) electrons. The van der Waals surface area contributed by atoms with E-state index in [-0.39, 0.29) is 17.9 Å². The van der Waals surface area contributed by atoms with Gasteiger partial charge in [0.1, 0.15) is 17.2 Å². The number of halogens is 1. The van der Waals surface area contributed by atoms with E-state index < -0.39 is 17.2 Å². The molecule has 5 aromatic rings. The smallest absolute Gasteiger partial charge is 0.276 e. The Labute approximate surface area is 193 Å². The van der Waals surface area contributed by atoms with Crippen molar-refractivity contribution in [2.45, 2.75) is 13.5 Å². The average molecular weight is 454 g/mol. The highest BCUT2D eigenvalue weighted by Gasteiger charge is 2.17. The van der Waals surface area contributed by atoms with Gasteiger partial charge in [-0.2, -0.15) is 5.10 Å². The molecule has 0 saturated heterocycles. The predicted octanol–water partition coefficient (Wildman–Crippen LogP) is 4.42. The summed E-state index contributed by atoms with van der Waals surface area (Å²) in [5, 5.41) is 12.9. The first-order valence-corrected chi connectivity index (χ1v) is 10.6. The third-order valence-corrected chi connectivity index (χ3v) is 5.43. The summed E-state index contributed by atoms with van der Waals surface area (Å²) in [6, 6.07) is 22.9. The molecule has 8 heteroatoms. The van der Waals surface area contributed by atoms with Crippen LogP contribution in [0, 0.1) is 12.7 Å². The number of fused-ring (bicyclic) bond motifs is 1. The van der Waals surface area contributed by atoms with E-state index in [9.17, 15) is 14.0 Å². The van der Waals surface area contributed by atoms with E-state index in [1.165, 1.54) is 22.9 Å². The predicted molar refractivity (Wildman–Crippen MR) is 125 cm³/mol. The number of aromatic nitrogens is 3. The molecule has 7 nitrogen and oxygen atoms in total. The number of para-hydroxylation sites is 1. The standard InChI is InChI=1S/C26H19FN4O3/c1-16-12-23(32)25(29-31(16)22-9-5-4-8-21(22)27)26(33)28-15-20-14-24(34-30-20)19-11-10-17-6-2-3-7-18(17)13-19/h2-14H,15H2,1H3,(H,28,33). The molecule has 0 aliphatic heterocycles. The van der Waals surface area contributed by atoms with Gasteiger partial charge >= 0.3 is 0 Å². The van der Waals surface area contributed by atoms with Gasteiger partial charge in [-0.1, -0.05) is 53.7 Å². The van der Waals surface area contributed by atoms with Gasteiger partial charge in [0.25, 0.3) is 5.91 Å². The third kappa shape index (κ3) is 4.09. The number of carbonyl (C=O) groups excluding carboxylic acids is 1. The third-order valence-electron chi connectivity index (χ3n) is 5.43. The lowest BCUT2D eigenvalue weighted by Gasteiger charge is -2.11. The average Bonchev–Trinajstić information content (AvgIpc) is 3.32. The van der Waals surface area contributed by atoms with Gasteiger partial charge in [-0.25, -0.2) is 9.07 Å². The molecule has 0 aliphatic carbocycles. The van der Waals surface area contributed by atoms with Gasteiger partial charge in [-0.15, -0.1) is 0 Å². The number of amides is 1. The molecule has 0 spiro atoms. The fourth-order valence-corrected chi connectivity index (χ4v) is 3.70. The number of benzene rings is 3. The van der Waals surface area contributed by atoms with Crippen LogP contribution < -0.4 is 10.7 Å². The van der Waals surface area contributed by atoms with E-state index in [1.807, 2.05) is 42.5 Å². The quantitative estimate of drug-likeness (QED) is 0.425. The maximum Gasteiger partial charge on any atom is 0.276 e. The second-order valence-corrected chi connectivity index (χ2v) is 7.79. The van der Waals surface area contributed by atoms with Crippen LogP contribution in [0.2, 0.25) is 0 Å².